The number of nitrogens with two attached hydrogens (primary N) is 2. The lowest BCUT2D eigenvalue weighted by molar-refractivity contribution is -0.120. The number of aromatic nitrogens is 1. The van der Waals surface area contributed by atoms with Crippen LogP contribution in [-0.4, -0.2) is 38.4 Å². The van der Waals surface area contributed by atoms with Crippen molar-refractivity contribution in [2.24, 2.45) is 16.6 Å². The number of aromatic amines is 1. The van der Waals surface area contributed by atoms with Crippen LogP contribution in [0.3, 0.4) is 0 Å². The highest BCUT2D eigenvalue weighted by Gasteiger charge is 2.20. The Balaban J connectivity index is 2.13. The van der Waals surface area contributed by atoms with E-state index in [-0.39, 0.29) is 41.8 Å². The highest BCUT2D eigenvalue weighted by Crippen LogP contribution is 2.20. The largest absolute Gasteiger partial charge is 0.391 e. The summed E-state index contributed by atoms with van der Waals surface area (Å²) in [6.45, 7) is 1.74. The van der Waals surface area contributed by atoms with Gasteiger partial charge < -0.3 is 26.6 Å². The minimum absolute atomic E-state index is 0.0232. The summed E-state index contributed by atoms with van der Waals surface area (Å²) >= 11 is 6.03. The molecule has 7 N–H and O–H groups in total. The molecule has 0 spiro atoms. The Bertz CT molecular complexity index is 1130. The smallest absolute Gasteiger partial charge is 0.272 e. The molecular formula is C18H23ClN6O5S. The quantitative estimate of drug-likeness (QED) is 0.141. The molecule has 0 saturated heterocycles. The Morgan fingerprint density at radius 1 is 1.26 bits per heavy atom. The maximum Gasteiger partial charge on any atom is 0.272 e. The molecule has 1 amide bonds. The second kappa shape index (κ2) is 10.7. The number of hydrogen-bond donors (Lipinski definition) is 5. The zero-order chi connectivity index (χ0) is 23.0. The molecule has 2 rings (SSSR count). The second-order valence-corrected chi connectivity index (χ2v) is 8.64. The Morgan fingerprint density at radius 2 is 1.97 bits per heavy atom. The Labute approximate surface area is 183 Å². The van der Waals surface area contributed by atoms with E-state index in [2.05, 4.69) is 20.2 Å². The normalized spacial score (nSPS) is 10.9. The summed E-state index contributed by atoms with van der Waals surface area (Å²) in [7, 11) is -3.98. The lowest BCUT2D eigenvalue weighted by Gasteiger charge is -2.13. The molecular weight excluding hydrogens is 448 g/mol. The van der Waals surface area contributed by atoms with E-state index in [9.17, 15) is 18.0 Å². The monoisotopic (exact) mass is 470 g/mol. The Morgan fingerprint density at radius 3 is 2.65 bits per heavy atom. The topological polar surface area (TPSA) is 182 Å². The predicted octanol–water partition coefficient (Wildman–Crippen LogP) is 0.142. The minimum atomic E-state index is -3.98. The molecule has 0 atom stereocenters. The molecule has 0 aliphatic heterocycles. The van der Waals surface area contributed by atoms with Gasteiger partial charge in [-0.2, -0.15) is 0 Å². The number of carbonyl (C=O) groups excluding carboxylic acids is 1. The van der Waals surface area contributed by atoms with Crippen molar-refractivity contribution >= 4 is 39.2 Å². The average molecular weight is 471 g/mol. The average Bonchev–Trinajstić information content (AvgIpc) is 2.66. The highest BCUT2D eigenvalue weighted by atomic mass is 35.5. The fraction of sp³-hybridized carbons (Fsp3) is 0.278. The number of guanidine groups is 1. The summed E-state index contributed by atoms with van der Waals surface area (Å²) in [5, 5.41) is 6.16. The number of benzene rings is 1. The maximum atomic E-state index is 12.6. The van der Waals surface area contributed by atoms with Gasteiger partial charge >= 0.3 is 0 Å². The predicted molar refractivity (Wildman–Crippen MR) is 118 cm³/mol. The number of pyridine rings is 1. The number of nitrogens with one attached hydrogen (secondary N) is 3. The number of amides is 1. The number of oxime groups is 1. The minimum Gasteiger partial charge on any atom is -0.391 e. The van der Waals surface area contributed by atoms with Gasteiger partial charge in [0.1, 0.15) is 12.3 Å². The molecule has 0 saturated carbocycles. The summed E-state index contributed by atoms with van der Waals surface area (Å²) in [5.41, 5.74) is 10.4. The molecule has 0 radical (unpaired) electrons. The van der Waals surface area contributed by atoms with E-state index in [4.69, 9.17) is 27.9 Å². The zero-order valence-electron chi connectivity index (χ0n) is 16.6. The van der Waals surface area contributed by atoms with Crippen molar-refractivity contribution < 1.29 is 18.0 Å². The lowest BCUT2D eigenvalue weighted by Crippen LogP contribution is -2.30. The fourth-order valence-electron chi connectivity index (χ4n) is 2.61. The summed E-state index contributed by atoms with van der Waals surface area (Å²) in [6, 6.07) is 7.99. The molecule has 168 valence electrons. The molecule has 11 nitrogen and oxygen atoms in total. The van der Waals surface area contributed by atoms with Crippen molar-refractivity contribution in [1.82, 2.24) is 10.3 Å². The van der Waals surface area contributed by atoms with Gasteiger partial charge in [0.05, 0.1) is 18.7 Å². The Kier molecular flexibility index (Phi) is 8.28. The van der Waals surface area contributed by atoms with Crippen LogP contribution in [0.2, 0.25) is 5.02 Å². The van der Waals surface area contributed by atoms with Crippen molar-refractivity contribution in [1.29, 1.82) is 0 Å². The Hall–Kier alpha value is -3.25. The summed E-state index contributed by atoms with van der Waals surface area (Å²) in [6.07, 6.45) is -0.239. The molecule has 0 fully saturated rings. The molecule has 0 unspecified atom stereocenters. The van der Waals surface area contributed by atoms with E-state index in [1.54, 1.807) is 31.2 Å². The number of halogens is 1. The highest BCUT2D eigenvalue weighted by molar-refractivity contribution is 7.91. The molecule has 2 aromatic rings. The second-order valence-electron chi connectivity index (χ2n) is 6.51. The van der Waals surface area contributed by atoms with Crippen molar-refractivity contribution in [3.63, 3.8) is 0 Å². The van der Waals surface area contributed by atoms with Crippen LogP contribution in [0.15, 0.2) is 40.3 Å². The van der Waals surface area contributed by atoms with Crippen LogP contribution in [0.1, 0.15) is 16.8 Å². The molecule has 1 heterocycles. The van der Waals surface area contributed by atoms with E-state index in [1.165, 1.54) is 6.07 Å². The van der Waals surface area contributed by atoms with Gasteiger partial charge in [0.25, 0.3) is 5.56 Å². The summed E-state index contributed by atoms with van der Waals surface area (Å²) < 4.78 is 27.5. The van der Waals surface area contributed by atoms with Gasteiger partial charge in [-0.3, -0.25) is 14.3 Å². The van der Waals surface area contributed by atoms with E-state index in [0.29, 0.717) is 11.3 Å². The van der Waals surface area contributed by atoms with Gasteiger partial charge in [-0.25, -0.2) is 8.42 Å². The van der Waals surface area contributed by atoms with Crippen LogP contribution in [0.4, 0.5) is 5.69 Å². The van der Waals surface area contributed by atoms with Gasteiger partial charge in [0.15, 0.2) is 0 Å². The van der Waals surface area contributed by atoms with Crippen LogP contribution >= 0.6 is 11.6 Å². The van der Waals surface area contributed by atoms with E-state index >= 15 is 0 Å². The zero-order valence-corrected chi connectivity index (χ0v) is 18.2. The van der Waals surface area contributed by atoms with Gasteiger partial charge in [-0.05, 0) is 35.3 Å². The van der Waals surface area contributed by atoms with Gasteiger partial charge in [-0.1, -0.05) is 29.8 Å². The number of nitrogens with zero attached hydrogens (tertiary/aromatic N) is 1. The van der Waals surface area contributed by atoms with E-state index in [1.807, 2.05) is 0 Å². The van der Waals surface area contributed by atoms with Crippen LogP contribution in [0.5, 0.6) is 0 Å². The fourth-order valence-corrected chi connectivity index (χ4v) is 4.16. The number of anilines is 1. The lowest BCUT2D eigenvalue weighted by atomic mass is 10.1. The maximum absolute atomic E-state index is 12.6. The first kappa shape index (κ1) is 24.0. The van der Waals surface area contributed by atoms with E-state index in [0.717, 1.165) is 0 Å². The molecule has 1 aromatic carbocycles. The third-order valence-electron chi connectivity index (χ3n) is 3.85. The van der Waals surface area contributed by atoms with Crippen molar-refractivity contribution in [2.75, 3.05) is 17.9 Å². The first-order valence-corrected chi connectivity index (χ1v) is 11.0. The van der Waals surface area contributed by atoms with Gasteiger partial charge in [0.2, 0.25) is 21.9 Å². The molecule has 1 aromatic heterocycles. The number of rotatable bonds is 10. The first-order valence-electron chi connectivity index (χ1n) is 9.01. The van der Waals surface area contributed by atoms with Crippen LogP contribution in [0, 0.1) is 6.92 Å². The number of carbonyl (C=O) groups is 1. The molecule has 0 bridgehead atoms. The van der Waals surface area contributed by atoms with Gasteiger partial charge in [0, 0.05) is 10.7 Å². The molecule has 0 aliphatic carbocycles. The molecule has 31 heavy (non-hydrogen) atoms. The SMILES string of the molecule is Cc1cc(CC(=O)NCCON=C(N)N)c(NS(=O)(=O)Cc2ccccc2Cl)c(=O)[nH]1. The number of aryl methyl sites for hydroxylation is 1. The number of sulfonamides is 1. The van der Waals surface area contributed by atoms with Crippen molar-refractivity contribution in [2.45, 2.75) is 19.1 Å². The first-order chi connectivity index (χ1) is 14.6. The standard InChI is InChI=1S/C18H23ClN6O5S/c1-11-8-13(9-15(26)22-6-7-30-24-18(20)21)16(17(27)23-11)25-31(28,29)10-12-4-2-3-5-14(12)19/h2-5,8,25H,6-7,9-10H2,1H3,(H,22,26)(H,23,27)(H4,20,21,24). The third-order valence-corrected chi connectivity index (χ3v) is 5.42. The third kappa shape index (κ3) is 7.83. The molecule has 13 heteroatoms. The number of hydrogen-bond acceptors (Lipinski definition) is 6. The van der Waals surface area contributed by atoms with Crippen molar-refractivity contribution in [3.8, 4) is 0 Å². The van der Waals surface area contributed by atoms with E-state index < -0.39 is 27.2 Å². The van der Waals surface area contributed by atoms with Crippen molar-refractivity contribution in [3.05, 3.63) is 62.5 Å². The molecule has 0 aliphatic rings. The van der Waals surface area contributed by atoms with Gasteiger partial charge in [-0.15, -0.1) is 0 Å². The van der Waals surface area contributed by atoms with Crippen LogP contribution in [-0.2, 0) is 31.8 Å². The summed E-state index contributed by atoms with van der Waals surface area (Å²) in [5.74, 6) is -1.14. The van der Waals surface area contributed by atoms with Crippen LogP contribution < -0.4 is 27.1 Å². The summed E-state index contributed by atoms with van der Waals surface area (Å²) in [4.78, 5) is 31.9. The number of H-pyrrole nitrogens is 1. The van der Waals surface area contributed by atoms with Crippen LogP contribution in [0.25, 0.3) is 0 Å².